The minimum absolute atomic E-state index is 0.131. The van der Waals surface area contributed by atoms with Gasteiger partial charge in [-0.15, -0.1) is 10.2 Å². The second-order valence-electron chi connectivity index (χ2n) is 8.92. The number of carbonyl (C=O) groups excluding carboxylic acids is 1. The molecule has 9 heteroatoms. The highest BCUT2D eigenvalue weighted by atomic mass is 16.5. The van der Waals surface area contributed by atoms with Crippen molar-refractivity contribution < 1.29 is 14.6 Å². The monoisotopic (exact) mass is 476 g/mol. The maximum absolute atomic E-state index is 12.8. The summed E-state index contributed by atoms with van der Waals surface area (Å²) in [6.07, 6.45) is 6.54. The summed E-state index contributed by atoms with van der Waals surface area (Å²) in [6.45, 7) is 7.39. The van der Waals surface area contributed by atoms with Crippen molar-refractivity contribution in [2.45, 2.75) is 32.9 Å². The van der Waals surface area contributed by atoms with E-state index in [-0.39, 0.29) is 23.6 Å². The highest BCUT2D eigenvalue weighted by Gasteiger charge is 2.27. The summed E-state index contributed by atoms with van der Waals surface area (Å²) in [7, 11) is 1.54. The number of benzene rings is 1. The van der Waals surface area contributed by atoms with E-state index in [1.807, 2.05) is 18.2 Å². The summed E-state index contributed by atoms with van der Waals surface area (Å²) in [5.74, 6) is 2.24. The van der Waals surface area contributed by atoms with Crippen LogP contribution in [0.15, 0.2) is 48.7 Å². The van der Waals surface area contributed by atoms with Crippen LogP contribution in [-0.4, -0.2) is 62.4 Å². The second kappa shape index (κ2) is 11.1. The zero-order chi connectivity index (χ0) is 24.8. The number of aromatic hydroxyl groups is 1. The van der Waals surface area contributed by atoms with Gasteiger partial charge in [-0.1, -0.05) is 38.1 Å². The first kappa shape index (κ1) is 24.4. The fourth-order valence-corrected chi connectivity index (χ4v) is 4.18. The molecule has 0 saturated heterocycles. The van der Waals surface area contributed by atoms with Crippen molar-refractivity contribution >= 4 is 12.0 Å². The van der Waals surface area contributed by atoms with Crippen LogP contribution in [0, 0.1) is 5.92 Å². The number of pyridine rings is 1. The Morgan fingerprint density at radius 2 is 2.06 bits per heavy atom. The summed E-state index contributed by atoms with van der Waals surface area (Å²) in [5.41, 5.74) is 1.36. The molecular formula is C26H32N6O3. The van der Waals surface area contributed by atoms with Gasteiger partial charge in [-0.25, -0.2) is 0 Å². The fourth-order valence-electron chi connectivity index (χ4n) is 4.18. The third-order valence-electron chi connectivity index (χ3n) is 6.15. The number of rotatable bonds is 8. The Morgan fingerprint density at radius 1 is 1.20 bits per heavy atom. The fraction of sp³-hybridized carbons (Fsp3) is 0.385. The van der Waals surface area contributed by atoms with Crippen molar-refractivity contribution in [3.63, 3.8) is 0 Å². The third kappa shape index (κ3) is 5.86. The predicted molar refractivity (Wildman–Crippen MR) is 133 cm³/mol. The molecule has 2 aromatic heterocycles. The van der Waals surface area contributed by atoms with Crippen LogP contribution in [0.2, 0.25) is 0 Å². The number of phenols is 1. The normalized spacial score (nSPS) is 15.1. The molecule has 3 aromatic rings. The van der Waals surface area contributed by atoms with Crippen LogP contribution in [0.1, 0.15) is 47.6 Å². The van der Waals surface area contributed by atoms with Gasteiger partial charge in [-0.2, -0.15) is 0 Å². The lowest BCUT2D eigenvalue weighted by Crippen LogP contribution is -2.35. The molecule has 0 fully saturated rings. The number of carbonyl (C=O) groups is 1. The van der Waals surface area contributed by atoms with Crippen LogP contribution in [0.5, 0.6) is 11.5 Å². The predicted octanol–water partition coefficient (Wildman–Crippen LogP) is 3.09. The van der Waals surface area contributed by atoms with Crippen molar-refractivity contribution in [2.24, 2.45) is 5.92 Å². The molecule has 3 heterocycles. The lowest BCUT2D eigenvalue weighted by atomic mass is 10.0. The molecule has 2 N–H and O–H groups in total. The summed E-state index contributed by atoms with van der Waals surface area (Å²) in [6, 6.07) is 10.3. The molecule has 1 aliphatic heterocycles. The van der Waals surface area contributed by atoms with Crippen LogP contribution in [0.25, 0.3) is 6.08 Å². The molecule has 0 aliphatic carbocycles. The van der Waals surface area contributed by atoms with Crippen molar-refractivity contribution in [1.29, 1.82) is 0 Å². The lowest BCUT2D eigenvalue weighted by Gasteiger charge is -2.23. The Bertz CT molecular complexity index is 1180. The molecule has 9 nitrogen and oxygen atoms in total. The molecule has 0 radical (unpaired) electrons. The van der Waals surface area contributed by atoms with Crippen molar-refractivity contribution in [3.05, 3.63) is 71.6 Å². The zero-order valence-corrected chi connectivity index (χ0v) is 20.4. The quantitative estimate of drug-likeness (QED) is 0.515. The van der Waals surface area contributed by atoms with E-state index in [0.29, 0.717) is 11.4 Å². The smallest absolute Gasteiger partial charge is 0.270 e. The third-order valence-corrected chi connectivity index (χ3v) is 6.15. The number of hydrogen-bond donors (Lipinski definition) is 2. The van der Waals surface area contributed by atoms with Gasteiger partial charge < -0.3 is 19.7 Å². The molecule has 35 heavy (non-hydrogen) atoms. The number of amides is 1. The van der Waals surface area contributed by atoms with Crippen molar-refractivity contribution in [2.75, 3.05) is 26.7 Å². The van der Waals surface area contributed by atoms with E-state index >= 15 is 0 Å². The SMILES string of the molecule is COc1cc(/C=C/CN2CCc3nnc(C(NC(=O)c4ccccn4)C(C)C)n3CC2)ccc1O. The maximum atomic E-state index is 12.8. The van der Waals surface area contributed by atoms with E-state index in [4.69, 9.17) is 4.74 Å². The Morgan fingerprint density at radius 3 is 2.80 bits per heavy atom. The van der Waals surface area contributed by atoms with E-state index < -0.39 is 0 Å². The number of fused-ring (bicyclic) bond motifs is 1. The van der Waals surface area contributed by atoms with Gasteiger partial charge in [0.05, 0.1) is 13.2 Å². The van der Waals surface area contributed by atoms with Gasteiger partial charge in [0.15, 0.2) is 17.3 Å². The van der Waals surface area contributed by atoms with Crippen LogP contribution in [0.4, 0.5) is 0 Å². The highest BCUT2D eigenvalue weighted by Crippen LogP contribution is 2.27. The van der Waals surface area contributed by atoms with Crippen molar-refractivity contribution in [1.82, 2.24) is 30.0 Å². The summed E-state index contributed by atoms with van der Waals surface area (Å²) in [4.78, 5) is 19.3. The van der Waals surface area contributed by atoms with E-state index in [1.54, 1.807) is 37.6 Å². The Hall–Kier alpha value is -3.72. The molecule has 1 atom stereocenters. The van der Waals surface area contributed by atoms with Gasteiger partial charge in [-0.05, 0) is 35.7 Å². The lowest BCUT2D eigenvalue weighted by molar-refractivity contribution is 0.0916. The summed E-state index contributed by atoms with van der Waals surface area (Å²) < 4.78 is 7.33. The van der Waals surface area contributed by atoms with E-state index in [0.717, 1.165) is 49.8 Å². The topological polar surface area (TPSA) is 105 Å². The van der Waals surface area contributed by atoms with Gasteiger partial charge in [-0.3, -0.25) is 14.7 Å². The molecule has 0 saturated carbocycles. The molecule has 1 aliphatic rings. The molecule has 1 aromatic carbocycles. The number of aromatic nitrogens is 4. The number of hydrogen-bond acceptors (Lipinski definition) is 7. The van der Waals surface area contributed by atoms with E-state index in [1.165, 1.54) is 0 Å². The average molecular weight is 477 g/mol. The number of nitrogens with one attached hydrogen (secondary N) is 1. The van der Waals surface area contributed by atoms with Crippen molar-refractivity contribution in [3.8, 4) is 11.5 Å². The number of nitrogens with zero attached hydrogens (tertiary/aromatic N) is 5. The van der Waals surface area contributed by atoms with Crippen LogP contribution < -0.4 is 10.1 Å². The second-order valence-corrected chi connectivity index (χ2v) is 8.92. The van der Waals surface area contributed by atoms with E-state index in [9.17, 15) is 9.90 Å². The van der Waals surface area contributed by atoms with Gasteiger partial charge in [0.1, 0.15) is 11.5 Å². The van der Waals surface area contributed by atoms with E-state index in [2.05, 4.69) is 49.9 Å². The molecule has 1 amide bonds. The van der Waals surface area contributed by atoms with Crippen LogP contribution in [-0.2, 0) is 13.0 Å². The summed E-state index contributed by atoms with van der Waals surface area (Å²) in [5, 5.41) is 21.8. The van der Waals surface area contributed by atoms with Gasteiger partial charge in [0, 0.05) is 38.8 Å². The first-order valence-corrected chi connectivity index (χ1v) is 11.9. The molecular weight excluding hydrogens is 444 g/mol. The maximum Gasteiger partial charge on any atom is 0.270 e. The average Bonchev–Trinajstić information content (AvgIpc) is 3.16. The first-order valence-electron chi connectivity index (χ1n) is 11.9. The number of phenolic OH excluding ortho intramolecular Hbond substituents is 1. The Kier molecular flexibility index (Phi) is 7.77. The minimum atomic E-state index is -0.262. The molecule has 4 rings (SSSR count). The molecule has 1 unspecified atom stereocenters. The van der Waals surface area contributed by atoms with Gasteiger partial charge in [0.2, 0.25) is 0 Å². The first-order chi connectivity index (χ1) is 17.0. The molecule has 0 spiro atoms. The minimum Gasteiger partial charge on any atom is -0.504 e. The highest BCUT2D eigenvalue weighted by molar-refractivity contribution is 5.92. The van der Waals surface area contributed by atoms with Crippen LogP contribution >= 0.6 is 0 Å². The van der Waals surface area contributed by atoms with Gasteiger partial charge in [0.25, 0.3) is 5.91 Å². The van der Waals surface area contributed by atoms with Crippen LogP contribution in [0.3, 0.4) is 0 Å². The number of ether oxygens (including phenoxy) is 1. The molecule has 184 valence electrons. The zero-order valence-electron chi connectivity index (χ0n) is 20.4. The standard InChI is InChI=1S/C26H32N6O3/c1-18(2)24(28-26(34)20-8-4-5-12-27-20)25-30-29-23-11-14-31(15-16-32(23)25)13-6-7-19-9-10-21(33)22(17-19)35-3/h4-10,12,17-18,24,33H,11,13-16H2,1-3H3,(H,28,34)/b7-6+. The molecule has 0 bridgehead atoms. The largest absolute Gasteiger partial charge is 0.504 e. The van der Waals surface area contributed by atoms with Gasteiger partial charge >= 0.3 is 0 Å². The number of methoxy groups -OCH3 is 1. The summed E-state index contributed by atoms with van der Waals surface area (Å²) >= 11 is 0. The Labute approximate surface area is 205 Å². The Balaban J connectivity index is 1.41.